The fourth-order valence-corrected chi connectivity index (χ4v) is 6.52. The van der Waals surface area contributed by atoms with Gasteiger partial charge in [-0.25, -0.2) is 9.78 Å². The second kappa shape index (κ2) is 4.70. The molecule has 2 N–H and O–H groups in total. The molecule has 0 atom stereocenters. The van der Waals surface area contributed by atoms with Crippen LogP contribution in [-0.2, 0) is 11.2 Å². The molecule has 1 aromatic heterocycles. The minimum absolute atomic E-state index is 0.308. The van der Waals surface area contributed by atoms with E-state index in [2.05, 4.69) is 4.98 Å². The molecule has 4 bridgehead atoms. The van der Waals surface area contributed by atoms with Crippen LogP contribution < -0.4 is 5.73 Å². The van der Waals surface area contributed by atoms with Crippen molar-refractivity contribution < 1.29 is 9.53 Å². The monoisotopic (exact) mass is 306 g/mol. The molecule has 1 heterocycles. The predicted octanol–water partition coefficient (Wildman–Crippen LogP) is 3.27. The lowest BCUT2D eigenvalue weighted by atomic mass is 9.49. The van der Waals surface area contributed by atoms with Gasteiger partial charge in [0.2, 0.25) is 0 Å². The molecule has 0 aliphatic heterocycles. The standard InChI is InChI=1S/C16H22N2O2S/c1-20-15(19)13-14(17)21-12(18-13)8-16-5-9-2-10(6-16)4-11(3-9)7-16/h9-11H,2-8,17H2,1H3. The number of thiazole rings is 1. The average Bonchev–Trinajstić information content (AvgIpc) is 2.76. The zero-order valence-corrected chi connectivity index (χ0v) is 13.2. The van der Waals surface area contributed by atoms with E-state index in [1.807, 2.05) is 0 Å². The SMILES string of the molecule is COC(=O)c1nc(CC23CC4CC(CC(C4)C2)C3)sc1N. The molecular weight excluding hydrogens is 284 g/mol. The number of aromatic nitrogens is 1. The van der Waals surface area contributed by atoms with E-state index in [4.69, 9.17) is 10.5 Å². The first kappa shape index (κ1) is 13.6. The third kappa shape index (κ3) is 2.26. The molecule has 5 heteroatoms. The topological polar surface area (TPSA) is 65.2 Å². The molecular formula is C16H22N2O2S. The Bertz CT molecular complexity index is 546. The van der Waals surface area contributed by atoms with Gasteiger partial charge < -0.3 is 10.5 Å². The van der Waals surface area contributed by atoms with Gasteiger partial charge in [0.05, 0.1) is 12.1 Å². The average molecular weight is 306 g/mol. The van der Waals surface area contributed by atoms with Gasteiger partial charge in [0.15, 0.2) is 5.69 Å². The summed E-state index contributed by atoms with van der Waals surface area (Å²) in [6.45, 7) is 0. The number of hydrogen-bond acceptors (Lipinski definition) is 5. The summed E-state index contributed by atoms with van der Waals surface area (Å²) in [6.07, 6.45) is 9.42. The summed E-state index contributed by atoms with van der Waals surface area (Å²) in [5.41, 5.74) is 6.68. The number of nitrogen functional groups attached to an aromatic ring is 1. The third-order valence-corrected chi connectivity index (χ3v) is 6.65. The summed E-state index contributed by atoms with van der Waals surface area (Å²) < 4.78 is 4.75. The maximum atomic E-state index is 11.7. The highest BCUT2D eigenvalue weighted by Gasteiger charge is 2.51. The zero-order valence-electron chi connectivity index (χ0n) is 12.4. The number of nitrogens with two attached hydrogens (primary N) is 1. The fourth-order valence-electron chi connectivity index (χ4n) is 5.52. The molecule has 21 heavy (non-hydrogen) atoms. The van der Waals surface area contributed by atoms with Crippen molar-refractivity contribution >= 4 is 22.3 Å². The molecule has 0 aromatic carbocycles. The van der Waals surface area contributed by atoms with Crippen molar-refractivity contribution in [1.29, 1.82) is 0 Å². The maximum Gasteiger partial charge on any atom is 0.359 e. The first-order valence-electron chi connectivity index (χ1n) is 7.90. The fraction of sp³-hybridized carbons (Fsp3) is 0.750. The van der Waals surface area contributed by atoms with E-state index in [0.29, 0.717) is 16.1 Å². The van der Waals surface area contributed by atoms with Crippen LogP contribution >= 0.6 is 11.3 Å². The molecule has 0 unspecified atom stereocenters. The number of carbonyl (C=O) groups excluding carboxylic acids is 1. The molecule has 0 saturated heterocycles. The summed E-state index contributed by atoms with van der Waals surface area (Å²) in [6, 6.07) is 0. The normalized spacial score (nSPS) is 36.9. The van der Waals surface area contributed by atoms with Crippen molar-refractivity contribution in [3.8, 4) is 0 Å². The molecule has 0 radical (unpaired) electrons. The van der Waals surface area contributed by atoms with Gasteiger partial charge in [0.1, 0.15) is 5.00 Å². The van der Waals surface area contributed by atoms with Crippen LogP contribution in [0.25, 0.3) is 0 Å². The minimum Gasteiger partial charge on any atom is -0.464 e. The number of hydrogen-bond donors (Lipinski definition) is 1. The first-order valence-corrected chi connectivity index (χ1v) is 8.72. The quantitative estimate of drug-likeness (QED) is 0.870. The smallest absolute Gasteiger partial charge is 0.359 e. The first-order chi connectivity index (χ1) is 10.1. The molecule has 0 amide bonds. The van der Waals surface area contributed by atoms with E-state index in [9.17, 15) is 4.79 Å². The van der Waals surface area contributed by atoms with Crippen molar-refractivity contribution in [1.82, 2.24) is 4.98 Å². The Balaban J connectivity index is 1.57. The Labute approximate surface area is 129 Å². The Hall–Kier alpha value is -1.10. The molecule has 0 spiro atoms. The summed E-state index contributed by atoms with van der Waals surface area (Å²) in [4.78, 5) is 16.1. The van der Waals surface area contributed by atoms with E-state index < -0.39 is 5.97 Å². The number of ether oxygens (including phenoxy) is 1. The Morgan fingerprint density at radius 3 is 2.38 bits per heavy atom. The molecule has 4 nitrogen and oxygen atoms in total. The van der Waals surface area contributed by atoms with Gasteiger partial charge in [-0.1, -0.05) is 0 Å². The van der Waals surface area contributed by atoms with E-state index in [1.165, 1.54) is 57.0 Å². The molecule has 4 aliphatic carbocycles. The van der Waals surface area contributed by atoms with Crippen LogP contribution in [0.1, 0.15) is 54.0 Å². The Morgan fingerprint density at radius 2 is 1.86 bits per heavy atom. The number of rotatable bonds is 3. The number of carbonyl (C=O) groups is 1. The lowest BCUT2D eigenvalue weighted by Crippen LogP contribution is -2.47. The highest BCUT2D eigenvalue weighted by molar-refractivity contribution is 7.15. The summed E-state index contributed by atoms with van der Waals surface area (Å²) in [5, 5.41) is 1.52. The summed E-state index contributed by atoms with van der Waals surface area (Å²) in [7, 11) is 1.37. The zero-order chi connectivity index (χ0) is 14.6. The predicted molar refractivity (Wildman–Crippen MR) is 82.2 cm³/mol. The molecule has 114 valence electrons. The van der Waals surface area contributed by atoms with Gasteiger partial charge in [-0.15, -0.1) is 11.3 Å². The van der Waals surface area contributed by atoms with Crippen molar-refractivity contribution in [3.05, 3.63) is 10.7 Å². The lowest BCUT2D eigenvalue weighted by molar-refractivity contribution is -0.0522. The van der Waals surface area contributed by atoms with Crippen LogP contribution in [0.5, 0.6) is 0 Å². The van der Waals surface area contributed by atoms with Crippen LogP contribution in [0, 0.1) is 23.2 Å². The van der Waals surface area contributed by atoms with Gasteiger partial charge in [-0.05, 0) is 61.7 Å². The van der Waals surface area contributed by atoms with Gasteiger partial charge in [0.25, 0.3) is 0 Å². The third-order valence-electron chi connectivity index (χ3n) is 5.77. The largest absolute Gasteiger partial charge is 0.464 e. The lowest BCUT2D eigenvalue weighted by Gasteiger charge is -2.56. The minimum atomic E-state index is -0.416. The van der Waals surface area contributed by atoms with E-state index in [-0.39, 0.29) is 0 Å². The van der Waals surface area contributed by atoms with Crippen molar-refractivity contribution in [2.45, 2.75) is 44.9 Å². The van der Waals surface area contributed by atoms with Gasteiger partial charge in [-0.3, -0.25) is 0 Å². The van der Waals surface area contributed by atoms with Crippen LogP contribution in [0.4, 0.5) is 5.00 Å². The Kier molecular flexibility index (Phi) is 3.03. The molecule has 4 fully saturated rings. The van der Waals surface area contributed by atoms with Crippen LogP contribution in [0.2, 0.25) is 0 Å². The number of methoxy groups -OCH3 is 1. The second-order valence-corrected chi connectivity index (χ2v) is 8.52. The van der Waals surface area contributed by atoms with E-state index in [1.54, 1.807) is 0 Å². The van der Waals surface area contributed by atoms with Crippen molar-refractivity contribution in [2.24, 2.45) is 23.2 Å². The van der Waals surface area contributed by atoms with E-state index in [0.717, 1.165) is 29.2 Å². The number of nitrogens with zero attached hydrogens (tertiary/aromatic N) is 1. The number of anilines is 1. The van der Waals surface area contributed by atoms with Gasteiger partial charge >= 0.3 is 5.97 Å². The van der Waals surface area contributed by atoms with Crippen molar-refractivity contribution in [3.63, 3.8) is 0 Å². The highest BCUT2D eigenvalue weighted by Crippen LogP contribution is 2.61. The molecule has 5 rings (SSSR count). The number of esters is 1. The summed E-state index contributed by atoms with van der Waals surface area (Å²) in [5.74, 6) is 2.40. The van der Waals surface area contributed by atoms with Crippen LogP contribution in [0.3, 0.4) is 0 Å². The van der Waals surface area contributed by atoms with Crippen LogP contribution in [0.15, 0.2) is 0 Å². The Morgan fingerprint density at radius 1 is 1.29 bits per heavy atom. The highest BCUT2D eigenvalue weighted by atomic mass is 32.1. The van der Waals surface area contributed by atoms with Crippen LogP contribution in [-0.4, -0.2) is 18.1 Å². The van der Waals surface area contributed by atoms with Crippen molar-refractivity contribution in [2.75, 3.05) is 12.8 Å². The molecule has 4 saturated carbocycles. The second-order valence-electron chi connectivity index (χ2n) is 7.41. The van der Waals surface area contributed by atoms with Gasteiger partial charge in [-0.2, -0.15) is 0 Å². The molecule has 1 aromatic rings. The molecule has 4 aliphatic rings. The van der Waals surface area contributed by atoms with Gasteiger partial charge in [0, 0.05) is 6.42 Å². The summed E-state index contributed by atoms with van der Waals surface area (Å²) >= 11 is 1.47. The van der Waals surface area contributed by atoms with E-state index >= 15 is 0 Å². The maximum absolute atomic E-state index is 11.7.